The van der Waals surface area contributed by atoms with Gasteiger partial charge in [0.25, 0.3) is 0 Å². The van der Waals surface area contributed by atoms with Crippen LogP contribution in [0.5, 0.6) is 0 Å². The van der Waals surface area contributed by atoms with E-state index in [0.717, 1.165) is 22.7 Å². The van der Waals surface area contributed by atoms with Crippen molar-refractivity contribution in [2.75, 3.05) is 30.9 Å². The molecule has 0 amide bonds. The molecular formula is C14H19NO3S3. The zero-order chi connectivity index (χ0) is 15.3. The number of nitrogens with zero attached hydrogens (tertiary/aromatic N) is 1. The Morgan fingerprint density at radius 1 is 1.52 bits per heavy atom. The van der Waals surface area contributed by atoms with Crippen molar-refractivity contribution in [1.29, 1.82) is 0 Å². The van der Waals surface area contributed by atoms with Crippen LogP contribution < -0.4 is 0 Å². The minimum absolute atomic E-state index is 0.0615. The molecule has 1 fully saturated rings. The van der Waals surface area contributed by atoms with E-state index < -0.39 is 15.2 Å². The summed E-state index contributed by atoms with van der Waals surface area (Å²) >= 11 is 3.30. The van der Waals surface area contributed by atoms with E-state index in [9.17, 15) is 8.42 Å². The monoisotopic (exact) mass is 345 g/mol. The maximum Gasteiger partial charge on any atom is 0.164 e. The molecule has 4 nitrogen and oxygen atoms in total. The number of thioether (sulfide) groups is 1. The van der Waals surface area contributed by atoms with Gasteiger partial charge >= 0.3 is 0 Å². The predicted molar refractivity (Wildman–Crippen MR) is 89.3 cm³/mol. The molecule has 0 saturated carbocycles. The lowest BCUT2D eigenvalue weighted by Crippen LogP contribution is -2.46. The van der Waals surface area contributed by atoms with E-state index in [-0.39, 0.29) is 6.61 Å². The molecule has 1 unspecified atom stereocenters. The lowest BCUT2D eigenvalue weighted by molar-refractivity contribution is 0.264. The molecule has 1 aliphatic heterocycles. The molecule has 1 aliphatic rings. The van der Waals surface area contributed by atoms with Crippen molar-refractivity contribution in [3.8, 4) is 11.8 Å². The summed E-state index contributed by atoms with van der Waals surface area (Å²) in [5.41, 5.74) is 0.943. The minimum atomic E-state index is -3.07. The fourth-order valence-corrected chi connectivity index (χ4v) is 5.96. The summed E-state index contributed by atoms with van der Waals surface area (Å²) < 4.78 is 23.8. The van der Waals surface area contributed by atoms with E-state index in [1.54, 1.807) is 23.1 Å². The Morgan fingerprint density at radius 2 is 2.33 bits per heavy atom. The van der Waals surface area contributed by atoms with Gasteiger partial charge in [0.05, 0.1) is 6.61 Å². The third-order valence-electron chi connectivity index (χ3n) is 3.24. The molecule has 0 radical (unpaired) electrons. The van der Waals surface area contributed by atoms with Gasteiger partial charge in [0.1, 0.15) is 5.37 Å². The van der Waals surface area contributed by atoms with Gasteiger partial charge in [-0.25, -0.2) is 8.42 Å². The SMILES string of the molecule is CS(=O)(=O)C1CSCCN1Cc1sccc1C#CCCO. The van der Waals surface area contributed by atoms with Crippen LogP contribution in [-0.4, -0.2) is 54.7 Å². The van der Waals surface area contributed by atoms with E-state index in [2.05, 4.69) is 11.8 Å². The maximum atomic E-state index is 11.9. The molecule has 1 aromatic rings. The van der Waals surface area contributed by atoms with Gasteiger partial charge < -0.3 is 5.11 Å². The van der Waals surface area contributed by atoms with Crippen LogP contribution in [0, 0.1) is 11.8 Å². The second-order valence-corrected chi connectivity index (χ2v) is 9.22. The Bertz CT molecular complexity index is 627. The van der Waals surface area contributed by atoms with Crippen LogP contribution in [0.1, 0.15) is 16.9 Å². The van der Waals surface area contributed by atoms with Crippen LogP contribution in [0.4, 0.5) is 0 Å². The van der Waals surface area contributed by atoms with Crippen LogP contribution in [0.3, 0.4) is 0 Å². The van der Waals surface area contributed by atoms with Crippen molar-refractivity contribution >= 4 is 32.9 Å². The molecule has 1 atom stereocenters. The fraction of sp³-hybridized carbons (Fsp3) is 0.571. The van der Waals surface area contributed by atoms with Crippen LogP contribution in [-0.2, 0) is 16.4 Å². The van der Waals surface area contributed by atoms with E-state index >= 15 is 0 Å². The highest BCUT2D eigenvalue weighted by Gasteiger charge is 2.31. The zero-order valence-corrected chi connectivity index (χ0v) is 14.4. The third kappa shape index (κ3) is 4.73. The summed E-state index contributed by atoms with van der Waals surface area (Å²) in [4.78, 5) is 3.13. The van der Waals surface area contributed by atoms with Crippen LogP contribution in [0.2, 0.25) is 0 Å². The largest absolute Gasteiger partial charge is 0.395 e. The molecule has 1 N–H and O–H groups in total. The second-order valence-electron chi connectivity index (χ2n) is 4.86. The first kappa shape index (κ1) is 16.8. The molecular weight excluding hydrogens is 326 g/mol. The van der Waals surface area contributed by atoms with Crippen molar-refractivity contribution in [3.05, 3.63) is 21.9 Å². The summed E-state index contributed by atoms with van der Waals surface area (Å²) in [6.07, 6.45) is 1.77. The highest BCUT2D eigenvalue weighted by atomic mass is 32.2. The molecule has 1 saturated heterocycles. The van der Waals surface area contributed by atoms with Crippen LogP contribution >= 0.6 is 23.1 Å². The Kier molecular flexibility index (Phi) is 6.14. The molecule has 2 rings (SSSR count). The normalized spacial score (nSPS) is 20.0. The number of rotatable bonds is 4. The van der Waals surface area contributed by atoms with Crippen LogP contribution in [0.25, 0.3) is 0 Å². The van der Waals surface area contributed by atoms with Gasteiger partial charge in [-0.05, 0) is 11.4 Å². The number of hydrogen-bond donors (Lipinski definition) is 1. The third-order valence-corrected chi connectivity index (χ3v) is 6.83. The molecule has 0 aliphatic carbocycles. The molecule has 116 valence electrons. The smallest absolute Gasteiger partial charge is 0.164 e. The molecule has 2 heterocycles. The van der Waals surface area contributed by atoms with Gasteiger partial charge in [0.2, 0.25) is 0 Å². The number of thiophene rings is 1. The Labute approximate surface area is 134 Å². The number of aliphatic hydroxyl groups is 1. The van der Waals surface area contributed by atoms with Gasteiger partial charge in [-0.1, -0.05) is 11.8 Å². The molecule has 0 bridgehead atoms. The molecule has 0 aromatic carbocycles. The first-order valence-electron chi connectivity index (χ1n) is 6.69. The van der Waals surface area contributed by atoms with E-state index in [4.69, 9.17) is 5.11 Å². The van der Waals surface area contributed by atoms with E-state index in [1.807, 2.05) is 16.3 Å². The van der Waals surface area contributed by atoms with Crippen molar-refractivity contribution in [3.63, 3.8) is 0 Å². The Hall–Kier alpha value is -0.520. The number of sulfone groups is 1. The van der Waals surface area contributed by atoms with Crippen molar-refractivity contribution < 1.29 is 13.5 Å². The second kappa shape index (κ2) is 7.65. The number of aliphatic hydroxyl groups excluding tert-OH is 1. The van der Waals surface area contributed by atoms with Gasteiger partial charge in [-0.2, -0.15) is 11.8 Å². The molecule has 0 spiro atoms. The Balaban J connectivity index is 2.14. The van der Waals surface area contributed by atoms with Gasteiger partial charge in [0, 0.05) is 47.7 Å². The van der Waals surface area contributed by atoms with Crippen molar-refractivity contribution in [2.45, 2.75) is 18.3 Å². The Morgan fingerprint density at radius 3 is 3.05 bits per heavy atom. The number of hydrogen-bond acceptors (Lipinski definition) is 6. The van der Waals surface area contributed by atoms with Gasteiger partial charge in [-0.3, -0.25) is 4.90 Å². The summed E-state index contributed by atoms with van der Waals surface area (Å²) in [7, 11) is -3.07. The quantitative estimate of drug-likeness (QED) is 0.836. The summed E-state index contributed by atoms with van der Waals surface area (Å²) in [6, 6.07) is 1.96. The summed E-state index contributed by atoms with van der Waals surface area (Å²) in [5, 5.41) is 10.3. The highest BCUT2D eigenvalue weighted by Crippen LogP contribution is 2.25. The highest BCUT2D eigenvalue weighted by molar-refractivity contribution is 8.00. The van der Waals surface area contributed by atoms with E-state index in [0.29, 0.717) is 18.7 Å². The predicted octanol–water partition coefficient (Wildman–Crippen LogP) is 1.40. The molecule has 7 heteroatoms. The van der Waals surface area contributed by atoms with Crippen molar-refractivity contribution in [1.82, 2.24) is 4.90 Å². The van der Waals surface area contributed by atoms with Crippen LogP contribution in [0.15, 0.2) is 11.4 Å². The minimum Gasteiger partial charge on any atom is -0.395 e. The van der Waals surface area contributed by atoms with Crippen molar-refractivity contribution in [2.24, 2.45) is 0 Å². The first-order chi connectivity index (χ1) is 10.0. The topological polar surface area (TPSA) is 57.6 Å². The standard InChI is InChI=1S/C14H19NO3S3/c1-21(17,18)14-11-19-9-6-15(14)10-13-12(5-8-20-13)4-2-3-7-16/h5,8,14,16H,3,6-7,9-11H2,1H3. The summed E-state index contributed by atoms with van der Waals surface area (Å²) in [6.45, 7) is 1.47. The van der Waals surface area contributed by atoms with Gasteiger partial charge in [-0.15, -0.1) is 11.3 Å². The average Bonchev–Trinajstić information content (AvgIpc) is 2.86. The summed E-state index contributed by atoms with van der Waals surface area (Å²) in [5.74, 6) is 7.57. The van der Waals surface area contributed by atoms with E-state index in [1.165, 1.54) is 6.26 Å². The maximum absolute atomic E-state index is 11.9. The lowest BCUT2D eigenvalue weighted by Gasteiger charge is -2.33. The fourth-order valence-electron chi connectivity index (χ4n) is 2.16. The first-order valence-corrected chi connectivity index (χ1v) is 10.7. The lowest BCUT2D eigenvalue weighted by atomic mass is 10.2. The average molecular weight is 346 g/mol. The molecule has 1 aromatic heterocycles. The van der Waals surface area contributed by atoms with Gasteiger partial charge in [0.15, 0.2) is 9.84 Å². The molecule has 21 heavy (non-hydrogen) atoms. The zero-order valence-electron chi connectivity index (χ0n) is 11.9.